The number of amides is 3. The van der Waals surface area contributed by atoms with Gasteiger partial charge in [0.2, 0.25) is 17.7 Å². The van der Waals surface area contributed by atoms with Crippen molar-refractivity contribution in [3.05, 3.63) is 121 Å². The number of ether oxygens (including phenoxy) is 10. The number of benzene rings is 2. The predicted octanol–water partition coefficient (Wildman–Crippen LogP) is 4.60. The molecule has 0 spiro atoms. The standard InChI is InChI=1S/C62H84FN9O16/c1-4-62(78)47-38-53-57-45(40-72(53)60(76)46(47)41-88-61(62)77)56-49(15-14-44-42(3)48(63)39-51(68-57)55(44)56)69-58(74)50(13-9-10-17-65-5-2)70-59(75)52(37-43-11-7-6-8-12-43)67-54(73)16-19-79-21-23-81-25-27-83-29-31-85-33-35-87-36-34-86-32-30-84-28-26-82-24-22-80-20-18-66-71-64/h5-8,11-12,38-39,49-50,52,65,78H,2,4,9-10,13-37,40-41H2,1,3H3,(H,67,73)(H,69,74)(H,70,75)/t49-,50-,52-,62-/m0/s1. The molecular formula is C62H84FN9O16. The van der Waals surface area contributed by atoms with Gasteiger partial charge in [-0.2, -0.15) is 0 Å². The molecule has 25 nitrogen and oxygen atoms in total. The minimum Gasteiger partial charge on any atom is -0.458 e. The maximum absolute atomic E-state index is 15.7. The van der Waals surface area contributed by atoms with E-state index in [1.54, 1.807) is 26.1 Å². The number of nitrogens with zero attached hydrogens (tertiary/aromatic N) is 5. The number of azide groups is 1. The summed E-state index contributed by atoms with van der Waals surface area (Å²) in [5.41, 5.74) is 10.3. The van der Waals surface area contributed by atoms with Crippen LogP contribution in [0.3, 0.4) is 0 Å². The minimum atomic E-state index is -2.06. The first-order valence-electron chi connectivity index (χ1n) is 30.2. The molecule has 0 bridgehead atoms. The van der Waals surface area contributed by atoms with Crippen LogP contribution < -0.4 is 26.8 Å². The van der Waals surface area contributed by atoms with Crippen LogP contribution in [0.25, 0.3) is 32.7 Å². The molecule has 5 N–H and O–H groups in total. The topological polar surface area (TPSA) is 313 Å². The van der Waals surface area contributed by atoms with Crippen molar-refractivity contribution in [3.8, 4) is 11.4 Å². The molecule has 3 amide bonds. The SMILES string of the molecule is C=CNCCCC[C@H](NC(=O)[C@H](Cc1ccccc1)NC(=O)CCOCCOCCOCCOCCOCCOCCOCCOCCOCCN=[N+]=[N-])C(=O)N[C@H]1CCc2c(C)c(F)cc3nc4c(c1c23)Cn1c-4cc2c(c1=O)COC(=O)[C@]2(O)CC. The smallest absolute Gasteiger partial charge is 0.343 e. The number of carbonyl (C=O) groups excluding carboxylic acids is 4. The normalized spacial score (nSPS) is 16.2. The Morgan fingerprint density at radius 2 is 1.41 bits per heavy atom. The molecular weight excluding hydrogens is 1150 g/mol. The van der Waals surface area contributed by atoms with E-state index in [0.717, 1.165) is 11.1 Å². The molecule has 1 aliphatic carbocycles. The Morgan fingerprint density at radius 3 is 1.99 bits per heavy atom. The van der Waals surface area contributed by atoms with E-state index < -0.39 is 58.8 Å². The molecule has 26 heteroatoms. The highest BCUT2D eigenvalue weighted by atomic mass is 19.1. The zero-order valence-electron chi connectivity index (χ0n) is 50.5. The van der Waals surface area contributed by atoms with Crippen LogP contribution in [0.5, 0.6) is 0 Å². The Hall–Kier alpha value is -6.94. The molecule has 4 heterocycles. The van der Waals surface area contributed by atoms with Gasteiger partial charge >= 0.3 is 5.97 Å². The maximum atomic E-state index is 15.7. The Morgan fingerprint density at radius 1 is 0.818 bits per heavy atom. The van der Waals surface area contributed by atoms with Gasteiger partial charge in [0.15, 0.2) is 5.60 Å². The van der Waals surface area contributed by atoms with Crippen LogP contribution in [0.1, 0.15) is 90.4 Å². The van der Waals surface area contributed by atoms with E-state index >= 15 is 4.39 Å². The highest BCUT2D eigenvalue weighted by molar-refractivity contribution is 5.95. The largest absolute Gasteiger partial charge is 0.458 e. The van der Waals surface area contributed by atoms with Crippen LogP contribution in [-0.4, -0.2) is 182 Å². The lowest BCUT2D eigenvalue weighted by Gasteiger charge is -2.31. The van der Waals surface area contributed by atoms with Crippen molar-refractivity contribution >= 4 is 34.6 Å². The van der Waals surface area contributed by atoms with Crippen LogP contribution in [0.4, 0.5) is 4.39 Å². The zero-order valence-corrected chi connectivity index (χ0v) is 50.5. The molecule has 2 aliphatic heterocycles. The summed E-state index contributed by atoms with van der Waals surface area (Å²) in [7, 11) is 0. The summed E-state index contributed by atoms with van der Waals surface area (Å²) in [6.45, 7) is 14.4. The monoisotopic (exact) mass is 1230 g/mol. The highest BCUT2D eigenvalue weighted by Crippen LogP contribution is 2.46. The number of pyridine rings is 2. The van der Waals surface area contributed by atoms with Crippen molar-refractivity contribution < 1.29 is 76.0 Å². The van der Waals surface area contributed by atoms with Crippen molar-refractivity contribution in [2.24, 2.45) is 5.11 Å². The number of rotatable bonds is 44. The number of halogens is 1. The molecule has 0 saturated carbocycles. The Kier molecular flexibility index (Phi) is 28.4. The summed E-state index contributed by atoms with van der Waals surface area (Å²) < 4.78 is 72.0. The van der Waals surface area contributed by atoms with Crippen LogP contribution in [-0.2, 0) is 98.1 Å². The fourth-order valence-electron chi connectivity index (χ4n) is 10.7. The zero-order chi connectivity index (χ0) is 62.5. The highest BCUT2D eigenvalue weighted by Gasteiger charge is 2.46. The molecule has 4 aromatic rings. The van der Waals surface area contributed by atoms with Crippen molar-refractivity contribution in [1.29, 1.82) is 0 Å². The maximum Gasteiger partial charge on any atom is 0.343 e. The number of aryl methyl sites for hydroxylation is 1. The van der Waals surface area contributed by atoms with E-state index in [1.165, 1.54) is 10.6 Å². The Bertz CT molecular complexity index is 3060. The van der Waals surface area contributed by atoms with E-state index in [2.05, 4.69) is 37.9 Å². The summed E-state index contributed by atoms with van der Waals surface area (Å²) in [5.74, 6) is -2.77. The number of fused-ring (bicyclic) bond motifs is 5. The summed E-state index contributed by atoms with van der Waals surface area (Å²) >= 11 is 0. The van der Waals surface area contributed by atoms with Gasteiger partial charge in [-0.25, -0.2) is 14.2 Å². The Balaban J connectivity index is 0.845. The number of aromatic nitrogens is 2. The summed E-state index contributed by atoms with van der Waals surface area (Å²) in [4.78, 5) is 77.6. The number of esters is 1. The van der Waals surface area contributed by atoms with Gasteiger partial charge in [0.1, 0.15) is 24.5 Å². The van der Waals surface area contributed by atoms with Crippen LogP contribution in [0.2, 0.25) is 0 Å². The molecule has 2 aromatic carbocycles. The number of hydrogen-bond donors (Lipinski definition) is 5. The van der Waals surface area contributed by atoms with Gasteiger partial charge in [0, 0.05) is 53.4 Å². The minimum absolute atomic E-state index is 0.0436. The lowest BCUT2D eigenvalue weighted by molar-refractivity contribution is -0.172. The van der Waals surface area contributed by atoms with E-state index in [9.17, 15) is 29.1 Å². The molecule has 7 rings (SSSR count). The van der Waals surface area contributed by atoms with Gasteiger partial charge in [0.25, 0.3) is 5.56 Å². The van der Waals surface area contributed by atoms with Gasteiger partial charge in [0.05, 0.1) is 154 Å². The molecule has 0 fully saturated rings. The number of nitrogens with one attached hydrogen (secondary N) is 4. The Labute approximate surface area is 511 Å². The molecule has 3 aliphatic rings. The number of unbranched alkanes of at least 4 members (excludes halogenated alkanes) is 1. The number of cyclic esters (lactones) is 1. The van der Waals surface area contributed by atoms with E-state index in [1.807, 2.05) is 30.3 Å². The van der Waals surface area contributed by atoms with Gasteiger partial charge in [-0.1, -0.05) is 48.9 Å². The van der Waals surface area contributed by atoms with Crippen molar-refractivity contribution in [1.82, 2.24) is 30.8 Å². The quantitative estimate of drug-likeness (QED) is 0.0117. The van der Waals surface area contributed by atoms with Gasteiger partial charge in [-0.3, -0.25) is 19.2 Å². The molecule has 4 atom stereocenters. The van der Waals surface area contributed by atoms with Crippen molar-refractivity contribution in [3.63, 3.8) is 0 Å². The average molecular weight is 1230 g/mol. The second-order valence-electron chi connectivity index (χ2n) is 21.2. The molecule has 88 heavy (non-hydrogen) atoms. The van der Waals surface area contributed by atoms with Crippen molar-refractivity contribution in [2.45, 2.75) is 102 Å². The predicted molar refractivity (Wildman–Crippen MR) is 320 cm³/mol. The first-order chi connectivity index (χ1) is 42.9. The molecule has 0 saturated heterocycles. The van der Waals surface area contributed by atoms with Crippen LogP contribution in [0, 0.1) is 12.7 Å². The third-order valence-electron chi connectivity index (χ3n) is 15.3. The molecule has 0 unspecified atom stereocenters. The molecule has 0 radical (unpaired) electrons. The second kappa shape index (κ2) is 36.5. The molecule has 480 valence electrons. The first-order valence-corrected chi connectivity index (χ1v) is 30.2. The third kappa shape index (κ3) is 19.5. The summed E-state index contributed by atoms with van der Waals surface area (Å²) in [5, 5.41) is 27.8. The lowest BCUT2D eigenvalue weighted by atomic mass is 9.81. The van der Waals surface area contributed by atoms with Crippen molar-refractivity contribution in [2.75, 3.05) is 132 Å². The van der Waals surface area contributed by atoms with Crippen LogP contribution >= 0.6 is 0 Å². The number of aliphatic hydroxyl groups is 1. The lowest BCUT2D eigenvalue weighted by Crippen LogP contribution is -2.55. The average Bonchev–Trinajstić information content (AvgIpc) is 1.56. The van der Waals surface area contributed by atoms with Gasteiger partial charge in [-0.05, 0) is 85.5 Å². The number of hydrogen-bond acceptors (Lipinski definition) is 19. The first kappa shape index (κ1) is 68.5. The van der Waals surface area contributed by atoms with Crippen LogP contribution in [0.15, 0.2) is 65.2 Å². The second-order valence-corrected chi connectivity index (χ2v) is 21.2. The third-order valence-corrected chi connectivity index (χ3v) is 15.3. The fraction of sp³-hybridized carbons (Fsp3) is 0.581. The van der Waals surface area contributed by atoms with Gasteiger partial charge in [-0.15, -0.1) is 0 Å². The summed E-state index contributed by atoms with van der Waals surface area (Å²) in [6.07, 6.45) is 3.84. The van der Waals surface area contributed by atoms with E-state index in [0.29, 0.717) is 177 Å². The van der Waals surface area contributed by atoms with E-state index in [-0.39, 0.29) is 69.8 Å². The van der Waals surface area contributed by atoms with Gasteiger partial charge < -0.3 is 78.3 Å². The number of carbonyl (C=O) groups is 4. The van der Waals surface area contributed by atoms with E-state index in [4.69, 9.17) is 57.9 Å². The fourth-order valence-corrected chi connectivity index (χ4v) is 10.7. The molecule has 2 aromatic heterocycles. The summed E-state index contributed by atoms with van der Waals surface area (Å²) in [6, 6.07) is 9.40.